The van der Waals surface area contributed by atoms with Crippen molar-refractivity contribution in [1.82, 2.24) is 5.32 Å². The van der Waals surface area contributed by atoms with Crippen LogP contribution < -0.4 is 14.8 Å². The van der Waals surface area contributed by atoms with Gasteiger partial charge >= 0.3 is 5.97 Å². The molecule has 1 saturated heterocycles. The van der Waals surface area contributed by atoms with Gasteiger partial charge in [0.1, 0.15) is 0 Å². The van der Waals surface area contributed by atoms with Gasteiger partial charge in [0.2, 0.25) is 0 Å². The van der Waals surface area contributed by atoms with E-state index in [1.807, 2.05) is 6.07 Å². The predicted octanol–water partition coefficient (Wildman–Crippen LogP) is 2.30. The summed E-state index contributed by atoms with van der Waals surface area (Å²) in [5, 5.41) is 3.46. The molecule has 1 aromatic rings. The van der Waals surface area contributed by atoms with Crippen LogP contribution in [-0.2, 0) is 4.74 Å². The molecule has 1 aliphatic heterocycles. The maximum Gasteiger partial charge on any atom is 0.337 e. The number of ether oxygens (including phenoxy) is 3. The smallest absolute Gasteiger partial charge is 0.337 e. The summed E-state index contributed by atoms with van der Waals surface area (Å²) in [7, 11) is 4.55. The number of benzene rings is 1. The van der Waals surface area contributed by atoms with Gasteiger partial charge in [0, 0.05) is 11.6 Å². The lowest BCUT2D eigenvalue weighted by molar-refractivity contribution is 0.0600. The van der Waals surface area contributed by atoms with Gasteiger partial charge in [-0.1, -0.05) is 6.42 Å². The largest absolute Gasteiger partial charge is 0.493 e. The van der Waals surface area contributed by atoms with Gasteiger partial charge in [0.15, 0.2) is 11.5 Å². The lowest BCUT2D eigenvalue weighted by Gasteiger charge is -2.26. The highest BCUT2D eigenvalue weighted by molar-refractivity contribution is 5.90. The molecule has 5 heteroatoms. The summed E-state index contributed by atoms with van der Waals surface area (Å²) in [5.41, 5.74) is 1.43. The Morgan fingerprint density at radius 1 is 1.20 bits per heavy atom. The second kappa shape index (κ2) is 6.61. The second-order valence-corrected chi connectivity index (χ2v) is 4.80. The number of carbonyl (C=O) groups is 1. The third-order valence-corrected chi connectivity index (χ3v) is 3.61. The number of hydrogen-bond donors (Lipinski definition) is 1. The minimum Gasteiger partial charge on any atom is -0.493 e. The Morgan fingerprint density at radius 3 is 2.55 bits per heavy atom. The molecule has 1 aromatic carbocycles. The van der Waals surface area contributed by atoms with Crippen molar-refractivity contribution in [2.45, 2.75) is 25.3 Å². The van der Waals surface area contributed by atoms with Crippen molar-refractivity contribution in [2.75, 3.05) is 27.9 Å². The molecule has 110 valence electrons. The molecule has 0 aromatic heterocycles. The maximum absolute atomic E-state index is 11.8. The normalized spacial score (nSPS) is 18.4. The van der Waals surface area contributed by atoms with Crippen LogP contribution in [0.4, 0.5) is 0 Å². The first kappa shape index (κ1) is 14.7. The van der Waals surface area contributed by atoms with Crippen LogP contribution in [-0.4, -0.2) is 33.8 Å². The molecule has 0 aliphatic carbocycles. The van der Waals surface area contributed by atoms with E-state index in [1.54, 1.807) is 20.3 Å². The number of rotatable bonds is 4. The third-order valence-electron chi connectivity index (χ3n) is 3.61. The van der Waals surface area contributed by atoms with Crippen molar-refractivity contribution in [2.24, 2.45) is 0 Å². The van der Waals surface area contributed by atoms with Crippen LogP contribution in [0.3, 0.4) is 0 Å². The summed E-state index contributed by atoms with van der Waals surface area (Å²) in [5.74, 6) is 0.861. The van der Waals surface area contributed by atoms with Crippen LogP contribution >= 0.6 is 0 Å². The first-order valence-electron chi connectivity index (χ1n) is 6.79. The van der Waals surface area contributed by atoms with Crippen LogP contribution in [0, 0.1) is 0 Å². The fourth-order valence-electron chi connectivity index (χ4n) is 2.61. The highest BCUT2D eigenvalue weighted by Gasteiger charge is 2.23. The number of esters is 1. The molecule has 1 atom stereocenters. The molecule has 0 amide bonds. The van der Waals surface area contributed by atoms with Gasteiger partial charge in [-0.15, -0.1) is 0 Å². The lowest BCUT2D eigenvalue weighted by atomic mass is 9.95. The Hall–Kier alpha value is -1.75. The Kier molecular flexibility index (Phi) is 4.84. The van der Waals surface area contributed by atoms with Crippen LogP contribution in [0.15, 0.2) is 12.1 Å². The monoisotopic (exact) mass is 279 g/mol. The molecular formula is C15H21NO4. The quantitative estimate of drug-likeness (QED) is 0.857. The van der Waals surface area contributed by atoms with Crippen molar-refractivity contribution in [3.63, 3.8) is 0 Å². The van der Waals surface area contributed by atoms with E-state index in [0.29, 0.717) is 17.1 Å². The Balaban J connectivity index is 2.47. The van der Waals surface area contributed by atoms with E-state index >= 15 is 0 Å². The van der Waals surface area contributed by atoms with E-state index in [-0.39, 0.29) is 12.0 Å². The molecule has 1 N–H and O–H groups in total. The number of nitrogens with one attached hydrogen (secondary N) is 1. The minimum absolute atomic E-state index is 0.178. The van der Waals surface area contributed by atoms with Gasteiger partial charge in [0.25, 0.3) is 0 Å². The first-order chi connectivity index (χ1) is 9.71. The van der Waals surface area contributed by atoms with Gasteiger partial charge in [-0.25, -0.2) is 4.79 Å². The summed E-state index contributed by atoms with van der Waals surface area (Å²) in [6.45, 7) is 0.971. The van der Waals surface area contributed by atoms with Crippen molar-refractivity contribution >= 4 is 5.97 Å². The van der Waals surface area contributed by atoms with E-state index in [2.05, 4.69) is 5.32 Å². The summed E-state index contributed by atoms with van der Waals surface area (Å²) in [4.78, 5) is 11.8. The van der Waals surface area contributed by atoms with Crippen LogP contribution in [0.5, 0.6) is 11.5 Å². The zero-order valence-corrected chi connectivity index (χ0v) is 12.2. The molecule has 2 rings (SSSR count). The van der Waals surface area contributed by atoms with Gasteiger partial charge in [0.05, 0.1) is 26.9 Å². The molecule has 1 aliphatic rings. The number of piperidine rings is 1. The standard InChI is InChI=1S/C15H21NO4/c1-18-13-9-10(15(17)20-3)8-11(14(13)19-2)12-6-4-5-7-16-12/h8-9,12,16H,4-7H2,1-3H3. The molecule has 1 fully saturated rings. The van der Waals surface area contributed by atoms with E-state index in [9.17, 15) is 4.79 Å². The zero-order chi connectivity index (χ0) is 14.5. The molecule has 0 spiro atoms. The van der Waals surface area contributed by atoms with E-state index in [4.69, 9.17) is 14.2 Å². The Bertz CT molecular complexity index is 481. The highest BCUT2D eigenvalue weighted by Crippen LogP contribution is 2.38. The van der Waals surface area contributed by atoms with Gasteiger partial charge in [-0.2, -0.15) is 0 Å². The third kappa shape index (κ3) is 2.88. The number of hydrogen-bond acceptors (Lipinski definition) is 5. The van der Waals surface area contributed by atoms with Crippen LogP contribution in [0.2, 0.25) is 0 Å². The fourth-order valence-corrected chi connectivity index (χ4v) is 2.61. The molecule has 0 radical (unpaired) electrons. The molecular weight excluding hydrogens is 258 g/mol. The average Bonchev–Trinajstić information content (AvgIpc) is 2.53. The van der Waals surface area contributed by atoms with E-state index < -0.39 is 0 Å². The van der Waals surface area contributed by atoms with Gasteiger partial charge in [-0.3, -0.25) is 0 Å². The molecule has 20 heavy (non-hydrogen) atoms. The van der Waals surface area contributed by atoms with Gasteiger partial charge in [-0.05, 0) is 31.5 Å². The minimum atomic E-state index is -0.372. The highest BCUT2D eigenvalue weighted by atomic mass is 16.5. The van der Waals surface area contributed by atoms with E-state index in [1.165, 1.54) is 13.5 Å². The molecule has 0 saturated carbocycles. The summed E-state index contributed by atoms with van der Waals surface area (Å²) >= 11 is 0. The summed E-state index contributed by atoms with van der Waals surface area (Å²) < 4.78 is 15.6. The first-order valence-corrected chi connectivity index (χ1v) is 6.79. The van der Waals surface area contributed by atoms with Crippen LogP contribution in [0.25, 0.3) is 0 Å². The van der Waals surface area contributed by atoms with Crippen molar-refractivity contribution in [3.05, 3.63) is 23.3 Å². The average molecular weight is 279 g/mol. The number of methoxy groups -OCH3 is 3. The van der Waals surface area contributed by atoms with Crippen molar-refractivity contribution in [3.8, 4) is 11.5 Å². The maximum atomic E-state index is 11.8. The Morgan fingerprint density at radius 2 is 2.00 bits per heavy atom. The molecule has 0 bridgehead atoms. The van der Waals surface area contributed by atoms with Crippen molar-refractivity contribution in [1.29, 1.82) is 0 Å². The number of carbonyl (C=O) groups excluding carboxylic acids is 1. The second-order valence-electron chi connectivity index (χ2n) is 4.80. The van der Waals surface area contributed by atoms with E-state index in [0.717, 1.165) is 24.9 Å². The fraction of sp³-hybridized carbons (Fsp3) is 0.533. The predicted molar refractivity (Wildman–Crippen MR) is 75.5 cm³/mol. The lowest BCUT2D eigenvalue weighted by Crippen LogP contribution is -2.27. The Labute approximate surface area is 119 Å². The SMILES string of the molecule is COC(=O)c1cc(OC)c(OC)c(C2CCCCN2)c1. The summed E-state index contributed by atoms with van der Waals surface area (Å²) in [6.07, 6.45) is 3.35. The molecule has 1 heterocycles. The molecule has 1 unspecified atom stereocenters. The zero-order valence-electron chi connectivity index (χ0n) is 12.2. The van der Waals surface area contributed by atoms with Crippen molar-refractivity contribution < 1.29 is 19.0 Å². The summed E-state index contributed by atoms with van der Waals surface area (Å²) in [6, 6.07) is 3.66. The molecule has 5 nitrogen and oxygen atoms in total. The van der Waals surface area contributed by atoms with Crippen LogP contribution in [0.1, 0.15) is 41.2 Å². The topological polar surface area (TPSA) is 56.8 Å². The van der Waals surface area contributed by atoms with Gasteiger partial charge < -0.3 is 19.5 Å².